The molecule has 1 atom stereocenters. The first-order valence-corrected chi connectivity index (χ1v) is 5.19. The van der Waals surface area contributed by atoms with Crippen LogP contribution >= 0.6 is 12.6 Å². The maximum absolute atomic E-state index is 11.6. The Morgan fingerprint density at radius 1 is 1.46 bits per heavy atom. The zero-order valence-electron chi connectivity index (χ0n) is 8.87. The van der Waals surface area contributed by atoms with Gasteiger partial charge in [-0.25, -0.2) is 0 Å². The molecule has 0 spiro atoms. The Morgan fingerprint density at radius 3 is 2.31 bits per heavy atom. The maximum atomic E-state index is 11.6. The standard InChI is InChI=1S/C9H20N2OS/c1-7(2)8(11(3)4)9(12)10-5-6-13/h7-8,13H,5-6H2,1-4H3,(H,10,12). The molecule has 0 bridgehead atoms. The van der Waals surface area contributed by atoms with Crippen LogP contribution in [0.25, 0.3) is 0 Å². The predicted molar refractivity (Wildman–Crippen MR) is 59.2 cm³/mol. The zero-order chi connectivity index (χ0) is 10.4. The Morgan fingerprint density at radius 2 is 2.00 bits per heavy atom. The molecule has 78 valence electrons. The lowest BCUT2D eigenvalue weighted by atomic mass is 10.0. The molecule has 0 radical (unpaired) electrons. The van der Waals surface area contributed by atoms with Crippen LogP contribution in [0.2, 0.25) is 0 Å². The first-order chi connectivity index (χ1) is 6.00. The van der Waals surface area contributed by atoms with Gasteiger partial charge >= 0.3 is 0 Å². The lowest BCUT2D eigenvalue weighted by Gasteiger charge is -2.26. The molecule has 0 saturated carbocycles. The van der Waals surface area contributed by atoms with Crippen LogP contribution < -0.4 is 5.32 Å². The minimum absolute atomic E-state index is 0.0418. The summed E-state index contributed by atoms with van der Waals surface area (Å²) in [6, 6.07) is -0.0418. The summed E-state index contributed by atoms with van der Waals surface area (Å²) in [5, 5.41) is 2.84. The van der Waals surface area contributed by atoms with E-state index < -0.39 is 0 Å². The molecule has 0 aliphatic carbocycles. The summed E-state index contributed by atoms with van der Waals surface area (Å²) in [6.45, 7) is 4.73. The Balaban J connectivity index is 4.13. The molecule has 1 N–H and O–H groups in total. The third kappa shape index (κ3) is 4.52. The zero-order valence-corrected chi connectivity index (χ0v) is 9.77. The van der Waals surface area contributed by atoms with Crippen molar-refractivity contribution in [3.8, 4) is 0 Å². The second kappa shape index (κ2) is 6.27. The minimum atomic E-state index is -0.0418. The van der Waals surface area contributed by atoms with Crippen LogP contribution in [0.1, 0.15) is 13.8 Å². The average Bonchev–Trinajstić information content (AvgIpc) is 1.99. The van der Waals surface area contributed by atoms with E-state index in [1.807, 2.05) is 32.8 Å². The lowest BCUT2D eigenvalue weighted by Crippen LogP contribution is -2.47. The Bertz CT molecular complexity index is 152. The molecule has 0 fully saturated rings. The van der Waals surface area contributed by atoms with Crippen molar-refractivity contribution in [2.45, 2.75) is 19.9 Å². The van der Waals surface area contributed by atoms with E-state index in [0.29, 0.717) is 18.2 Å². The smallest absolute Gasteiger partial charge is 0.237 e. The Kier molecular flexibility index (Phi) is 6.16. The number of nitrogens with zero attached hydrogens (tertiary/aromatic N) is 1. The summed E-state index contributed by atoms with van der Waals surface area (Å²) in [6.07, 6.45) is 0. The van der Waals surface area contributed by atoms with Crippen molar-refractivity contribution in [1.82, 2.24) is 10.2 Å². The number of rotatable bonds is 5. The van der Waals surface area contributed by atoms with E-state index in [1.165, 1.54) is 0 Å². The van der Waals surface area contributed by atoms with Crippen LogP contribution in [0.3, 0.4) is 0 Å². The van der Waals surface area contributed by atoms with E-state index in [-0.39, 0.29) is 11.9 Å². The van der Waals surface area contributed by atoms with Crippen molar-refractivity contribution in [1.29, 1.82) is 0 Å². The van der Waals surface area contributed by atoms with Gasteiger partial charge in [0, 0.05) is 12.3 Å². The van der Waals surface area contributed by atoms with Crippen LogP contribution in [-0.2, 0) is 4.79 Å². The highest BCUT2D eigenvalue weighted by Crippen LogP contribution is 2.06. The second-order valence-electron chi connectivity index (χ2n) is 3.67. The van der Waals surface area contributed by atoms with Crippen LogP contribution in [0.15, 0.2) is 0 Å². The van der Waals surface area contributed by atoms with E-state index in [4.69, 9.17) is 0 Å². The van der Waals surface area contributed by atoms with Crippen LogP contribution in [0.4, 0.5) is 0 Å². The SMILES string of the molecule is CC(C)C(C(=O)NCCS)N(C)C. The van der Waals surface area contributed by atoms with Crippen molar-refractivity contribution in [2.75, 3.05) is 26.4 Å². The van der Waals surface area contributed by atoms with Crippen LogP contribution in [-0.4, -0.2) is 43.2 Å². The molecule has 0 aromatic rings. The monoisotopic (exact) mass is 204 g/mol. The highest BCUT2D eigenvalue weighted by atomic mass is 32.1. The summed E-state index contributed by atoms with van der Waals surface area (Å²) in [5.74, 6) is 1.10. The Hall–Kier alpha value is -0.220. The van der Waals surface area contributed by atoms with Crippen LogP contribution in [0, 0.1) is 5.92 Å². The number of likely N-dealkylation sites (N-methyl/N-ethyl adjacent to an activating group) is 1. The average molecular weight is 204 g/mol. The third-order valence-electron chi connectivity index (χ3n) is 1.87. The number of carbonyl (C=O) groups is 1. The van der Waals surface area contributed by atoms with Gasteiger partial charge in [-0.15, -0.1) is 0 Å². The molecular weight excluding hydrogens is 184 g/mol. The first kappa shape index (κ1) is 12.8. The van der Waals surface area contributed by atoms with Crippen molar-refractivity contribution in [3.05, 3.63) is 0 Å². The number of hydrogen-bond acceptors (Lipinski definition) is 3. The molecule has 0 heterocycles. The fourth-order valence-electron chi connectivity index (χ4n) is 1.42. The molecule has 0 saturated heterocycles. The second-order valence-corrected chi connectivity index (χ2v) is 4.11. The summed E-state index contributed by atoms with van der Waals surface area (Å²) in [7, 11) is 3.84. The molecule has 0 rings (SSSR count). The number of nitrogens with one attached hydrogen (secondary N) is 1. The van der Waals surface area contributed by atoms with Gasteiger partial charge in [0.05, 0.1) is 6.04 Å². The summed E-state index contributed by atoms with van der Waals surface area (Å²) in [4.78, 5) is 13.5. The van der Waals surface area contributed by atoms with E-state index in [9.17, 15) is 4.79 Å². The van der Waals surface area contributed by atoms with Gasteiger partial charge in [0.1, 0.15) is 0 Å². The topological polar surface area (TPSA) is 32.3 Å². The van der Waals surface area contributed by atoms with Crippen molar-refractivity contribution >= 4 is 18.5 Å². The number of carbonyl (C=O) groups excluding carboxylic acids is 1. The van der Waals surface area contributed by atoms with E-state index in [1.54, 1.807) is 0 Å². The van der Waals surface area contributed by atoms with Gasteiger partial charge in [-0.1, -0.05) is 13.8 Å². The van der Waals surface area contributed by atoms with Gasteiger partial charge in [-0.05, 0) is 20.0 Å². The molecule has 0 aliphatic rings. The van der Waals surface area contributed by atoms with Gasteiger partial charge in [0.2, 0.25) is 5.91 Å². The summed E-state index contributed by atoms with van der Waals surface area (Å²) in [5.41, 5.74) is 0. The van der Waals surface area contributed by atoms with Gasteiger partial charge < -0.3 is 5.32 Å². The highest BCUT2D eigenvalue weighted by molar-refractivity contribution is 7.80. The highest BCUT2D eigenvalue weighted by Gasteiger charge is 2.23. The third-order valence-corrected chi connectivity index (χ3v) is 2.09. The fraction of sp³-hybridized carbons (Fsp3) is 0.889. The summed E-state index contributed by atoms with van der Waals surface area (Å²) >= 11 is 4.04. The van der Waals surface area contributed by atoms with Gasteiger partial charge in [0.15, 0.2) is 0 Å². The Labute approximate surface area is 86.3 Å². The number of thiol groups is 1. The molecular formula is C9H20N2OS. The molecule has 13 heavy (non-hydrogen) atoms. The van der Waals surface area contributed by atoms with Crippen molar-refractivity contribution in [3.63, 3.8) is 0 Å². The van der Waals surface area contributed by atoms with Crippen LogP contribution in [0.5, 0.6) is 0 Å². The number of amides is 1. The van der Waals surface area contributed by atoms with Gasteiger partial charge in [0.25, 0.3) is 0 Å². The van der Waals surface area contributed by atoms with E-state index >= 15 is 0 Å². The van der Waals surface area contributed by atoms with Gasteiger partial charge in [-0.3, -0.25) is 9.69 Å². The van der Waals surface area contributed by atoms with Crippen molar-refractivity contribution in [2.24, 2.45) is 5.92 Å². The normalized spacial score (nSPS) is 13.5. The van der Waals surface area contributed by atoms with E-state index in [0.717, 1.165) is 0 Å². The molecule has 0 aromatic heterocycles. The number of hydrogen-bond donors (Lipinski definition) is 2. The molecule has 1 amide bonds. The predicted octanol–water partition coefficient (Wildman–Crippen LogP) is 0.619. The first-order valence-electron chi connectivity index (χ1n) is 4.55. The fourth-order valence-corrected chi connectivity index (χ4v) is 1.53. The van der Waals surface area contributed by atoms with E-state index in [2.05, 4.69) is 17.9 Å². The molecule has 4 heteroatoms. The summed E-state index contributed by atoms with van der Waals surface area (Å²) < 4.78 is 0. The van der Waals surface area contributed by atoms with Crippen molar-refractivity contribution < 1.29 is 4.79 Å². The lowest BCUT2D eigenvalue weighted by molar-refractivity contribution is -0.126. The molecule has 3 nitrogen and oxygen atoms in total. The minimum Gasteiger partial charge on any atom is -0.354 e. The molecule has 0 aliphatic heterocycles. The maximum Gasteiger partial charge on any atom is 0.237 e. The quantitative estimate of drug-likeness (QED) is 0.644. The van der Waals surface area contributed by atoms with Gasteiger partial charge in [-0.2, -0.15) is 12.6 Å². The molecule has 0 aromatic carbocycles. The molecule has 1 unspecified atom stereocenters. The largest absolute Gasteiger partial charge is 0.354 e.